The van der Waals surface area contributed by atoms with Gasteiger partial charge >= 0.3 is 0 Å². The summed E-state index contributed by atoms with van der Waals surface area (Å²) in [6.45, 7) is 2.72. The lowest BCUT2D eigenvalue weighted by Crippen LogP contribution is -2.49. The van der Waals surface area contributed by atoms with Crippen molar-refractivity contribution in [3.63, 3.8) is 0 Å². The molecule has 1 aromatic heterocycles. The number of rotatable bonds is 6. The van der Waals surface area contributed by atoms with Gasteiger partial charge in [-0.1, -0.05) is 25.7 Å². The van der Waals surface area contributed by atoms with Gasteiger partial charge in [0.2, 0.25) is 0 Å². The van der Waals surface area contributed by atoms with Crippen LogP contribution in [0.3, 0.4) is 0 Å². The first-order valence-electron chi connectivity index (χ1n) is 7.84. The highest BCUT2D eigenvalue weighted by Crippen LogP contribution is 2.42. The summed E-state index contributed by atoms with van der Waals surface area (Å²) in [4.78, 5) is 0. The van der Waals surface area contributed by atoms with Gasteiger partial charge in [-0.3, -0.25) is 10.5 Å². The summed E-state index contributed by atoms with van der Waals surface area (Å²) in [5, 5.41) is 4.31. The lowest BCUT2D eigenvalue weighted by Gasteiger charge is -2.40. The van der Waals surface area contributed by atoms with E-state index in [-0.39, 0.29) is 11.6 Å². The monoisotopic (exact) mass is 296 g/mol. The van der Waals surface area contributed by atoms with Gasteiger partial charge in [-0.25, -0.2) is 5.43 Å². The number of hydrazine groups is 1. The molecule has 3 N–H and O–H groups in total. The zero-order valence-corrected chi connectivity index (χ0v) is 13.4. The maximum atomic E-state index is 6.24. The maximum Gasteiger partial charge on any atom is 0.161 e. The van der Waals surface area contributed by atoms with Gasteiger partial charge in [-0.2, -0.15) is 5.10 Å². The van der Waals surface area contributed by atoms with Crippen LogP contribution in [0.5, 0.6) is 5.75 Å². The molecule has 1 aliphatic rings. The first-order valence-corrected chi connectivity index (χ1v) is 7.84. The number of methoxy groups -OCH3 is 1. The van der Waals surface area contributed by atoms with Crippen molar-refractivity contribution in [1.82, 2.24) is 15.2 Å². The van der Waals surface area contributed by atoms with Gasteiger partial charge < -0.3 is 9.47 Å². The summed E-state index contributed by atoms with van der Waals surface area (Å²) in [6, 6.07) is -0.127. The van der Waals surface area contributed by atoms with E-state index in [4.69, 9.17) is 15.3 Å². The molecule has 0 aromatic carbocycles. The molecule has 6 heteroatoms. The van der Waals surface area contributed by atoms with Gasteiger partial charge in [0.25, 0.3) is 0 Å². The van der Waals surface area contributed by atoms with Gasteiger partial charge in [-0.05, 0) is 19.8 Å². The van der Waals surface area contributed by atoms with E-state index < -0.39 is 0 Å². The van der Waals surface area contributed by atoms with Crippen LogP contribution in [0.2, 0.25) is 0 Å². The SMILES string of the molecule is CCOC1(C(NN)c2c(OC)cnn2C)CCCCCC1. The molecular weight excluding hydrogens is 268 g/mol. The second kappa shape index (κ2) is 7.24. The Kier molecular flexibility index (Phi) is 5.61. The quantitative estimate of drug-likeness (QED) is 0.477. The van der Waals surface area contributed by atoms with Crippen LogP contribution in [0.25, 0.3) is 0 Å². The van der Waals surface area contributed by atoms with Crippen LogP contribution in [-0.4, -0.2) is 29.1 Å². The van der Waals surface area contributed by atoms with Gasteiger partial charge in [0, 0.05) is 13.7 Å². The molecule has 0 saturated heterocycles. The molecule has 1 unspecified atom stereocenters. The maximum absolute atomic E-state index is 6.24. The number of nitrogens with zero attached hydrogens (tertiary/aromatic N) is 2. The average Bonchev–Trinajstić information content (AvgIpc) is 2.70. The van der Waals surface area contributed by atoms with E-state index in [0.717, 1.165) is 24.3 Å². The summed E-state index contributed by atoms with van der Waals surface area (Å²) in [5.41, 5.74) is 3.64. The van der Waals surface area contributed by atoms with Crippen LogP contribution in [0.1, 0.15) is 57.2 Å². The predicted octanol–water partition coefficient (Wildman–Crippen LogP) is 2.06. The Morgan fingerprint density at radius 3 is 2.57 bits per heavy atom. The van der Waals surface area contributed by atoms with E-state index in [1.54, 1.807) is 13.3 Å². The first-order chi connectivity index (χ1) is 10.2. The van der Waals surface area contributed by atoms with Gasteiger partial charge in [0.05, 0.1) is 24.9 Å². The standard InChI is InChI=1S/C15H28N4O2/c1-4-21-15(9-7-5-6-8-10-15)14(18-16)13-12(20-3)11-17-19(13)2/h11,14,18H,4-10,16H2,1-3H3. The summed E-state index contributed by atoms with van der Waals surface area (Å²) in [6.07, 6.45) is 8.59. The highest BCUT2D eigenvalue weighted by Gasteiger charge is 2.43. The minimum atomic E-state index is -0.291. The minimum absolute atomic E-state index is 0.127. The molecule has 1 heterocycles. The Morgan fingerprint density at radius 1 is 1.38 bits per heavy atom. The van der Waals surface area contributed by atoms with Crippen molar-refractivity contribution >= 4 is 0 Å². The smallest absolute Gasteiger partial charge is 0.161 e. The summed E-state index contributed by atoms with van der Waals surface area (Å²) in [5.74, 6) is 6.68. The fraction of sp³-hybridized carbons (Fsp3) is 0.800. The van der Waals surface area contributed by atoms with Crippen molar-refractivity contribution in [3.05, 3.63) is 11.9 Å². The van der Waals surface area contributed by atoms with E-state index >= 15 is 0 Å². The number of nitrogens with two attached hydrogens (primary N) is 1. The molecule has 0 amide bonds. The number of hydrogen-bond acceptors (Lipinski definition) is 5. The first kappa shape index (κ1) is 16.3. The molecule has 1 fully saturated rings. The molecule has 0 bridgehead atoms. The molecule has 0 aliphatic heterocycles. The zero-order chi connectivity index (χ0) is 15.3. The molecule has 1 atom stereocenters. The summed E-state index contributed by atoms with van der Waals surface area (Å²) in [7, 11) is 3.58. The highest BCUT2D eigenvalue weighted by molar-refractivity contribution is 5.30. The molecule has 1 saturated carbocycles. The molecule has 1 aliphatic carbocycles. The van der Waals surface area contributed by atoms with E-state index in [1.165, 1.54) is 25.7 Å². The van der Waals surface area contributed by atoms with Crippen LogP contribution in [0.4, 0.5) is 0 Å². The Hall–Kier alpha value is -1.11. The number of aromatic nitrogens is 2. The van der Waals surface area contributed by atoms with Crippen molar-refractivity contribution in [1.29, 1.82) is 0 Å². The lowest BCUT2D eigenvalue weighted by molar-refractivity contribution is -0.0803. The van der Waals surface area contributed by atoms with E-state index in [9.17, 15) is 0 Å². The largest absolute Gasteiger partial charge is 0.493 e. The topological polar surface area (TPSA) is 74.3 Å². The van der Waals surface area contributed by atoms with Crippen LogP contribution >= 0.6 is 0 Å². The van der Waals surface area contributed by atoms with Crippen LogP contribution in [-0.2, 0) is 11.8 Å². The van der Waals surface area contributed by atoms with Gasteiger partial charge in [-0.15, -0.1) is 0 Å². The molecule has 0 radical (unpaired) electrons. The predicted molar refractivity (Wildman–Crippen MR) is 81.9 cm³/mol. The Bertz CT molecular complexity index is 439. The number of aryl methyl sites for hydroxylation is 1. The van der Waals surface area contributed by atoms with Crippen molar-refractivity contribution in [2.24, 2.45) is 12.9 Å². The average molecular weight is 296 g/mol. The van der Waals surface area contributed by atoms with Crippen LogP contribution in [0.15, 0.2) is 6.20 Å². The molecule has 6 nitrogen and oxygen atoms in total. The van der Waals surface area contributed by atoms with Gasteiger partial charge in [0.15, 0.2) is 5.75 Å². The van der Waals surface area contributed by atoms with Crippen molar-refractivity contribution in [3.8, 4) is 5.75 Å². The van der Waals surface area contributed by atoms with Crippen molar-refractivity contribution < 1.29 is 9.47 Å². The summed E-state index contributed by atoms with van der Waals surface area (Å²) < 4.78 is 13.5. The third-order valence-corrected chi connectivity index (χ3v) is 4.52. The van der Waals surface area contributed by atoms with E-state index in [1.807, 2.05) is 18.7 Å². The summed E-state index contributed by atoms with van der Waals surface area (Å²) >= 11 is 0. The molecule has 0 spiro atoms. The van der Waals surface area contributed by atoms with Gasteiger partial charge in [0.1, 0.15) is 5.69 Å². The molecule has 21 heavy (non-hydrogen) atoms. The van der Waals surface area contributed by atoms with E-state index in [0.29, 0.717) is 6.61 Å². The van der Waals surface area contributed by atoms with Crippen LogP contribution in [0, 0.1) is 0 Å². The normalized spacial score (nSPS) is 20.0. The van der Waals surface area contributed by atoms with Crippen molar-refractivity contribution in [2.75, 3.05) is 13.7 Å². The second-order valence-electron chi connectivity index (χ2n) is 5.73. The molecular formula is C15H28N4O2. The third-order valence-electron chi connectivity index (χ3n) is 4.52. The van der Waals surface area contributed by atoms with E-state index in [2.05, 4.69) is 10.5 Å². The fourth-order valence-electron chi connectivity index (χ4n) is 3.52. The number of hydrogen-bond donors (Lipinski definition) is 2. The Morgan fingerprint density at radius 2 is 2.05 bits per heavy atom. The highest BCUT2D eigenvalue weighted by atomic mass is 16.5. The minimum Gasteiger partial charge on any atom is -0.493 e. The molecule has 1 aromatic rings. The molecule has 2 rings (SSSR count). The number of ether oxygens (including phenoxy) is 2. The van der Waals surface area contributed by atoms with Crippen molar-refractivity contribution in [2.45, 2.75) is 57.1 Å². The number of nitrogens with one attached hydrogen (secondary N) is 1. The zero-order valence-electron chi connectivity index (χ0n) is 13.4. The second-order valence-corrected chi connectivity index (χ2v) is 5.73. The van der Waals surface area contributed by atoms with Crippen LogP contribution < -0.4 is 16.0 Å². The lowest BCUT2D eigenvalue weighted by atomic mass is 9.84. The Balaban J connectivity index is 2.41. The third kappa shape index (κ3) is 3.22. The molecule has 120 valence electrons. The Labute approximate surface area is 126 Å². The fourth-order valence-corrected chi connectivity index (χ4v) is 3.52.